The third-order valence-corrected chi connectivity index (χ3v) is 6.28. The normalized spacial score (nSPS) is 21.6. The Hall–Kier alpha value is -1.77. The summed E-state index contributed by atoms with van der Waals surface area (Å²) in [5.41, 5.74) is 1.35. The summed E-state index contributed by atoms with van der Waals surface area (Å²) in [6.07, 6.45) is 4.55. The van der Waals surface area contributed by atoms with Gasteiger partial charge in [0.05, 0.1) is 0 Å². The third-order valence-electron chi connectivity index (χ3n) is 5.00. The Bertz CT molecular complexity index is 859. The van der Waals surface area contributed by atoms with E-state index in [4.69, 9.17) is 4.52 Å². The molecule has 3 rings (SSSR count). The molecule has 0 radical (unpaired) electrons. The summed E-state index contributed by atoms with van der Waals surface area (Å²) >= 11 is 0. The van der Waals surface area contributed by atoms with Crippen LogP contribution in [0.1, 0.15) is 50.3 Å². The molecule has 1 N–H and O–H groups in total. The van der Waals surface area contributed by atoms with Crippen LogP contribution in [-0.4, -0.2) is 43.6 Å². The second-order valence-corrected chi connectivity index (χ2v) is 10.1. The largest absolute Gasteiger partial charge is 0.361 e. The van der Waals surface area contributed by atoms with E-state index in [9.17, 15) is 8.42 Å². The van der Waals surface area contributed by atoms with Crippen LogP contribution in [0.3, 0.4) is 0 Å². The Balaban J connectivity index is 1.63. The Morgan fingerprint density at radius 2 is 2.15 bits per heavy atom. The second-order valence-electron chi connectivity index (χ2n) is 8.30. The fraction of sp³-hybridized carbons (Fsp3) is 0.579. The van der Waals surface area contributed by atoms with Gasteiger partial charge >= 0.3 is 0 Å². The smallest absolute Gasteiger partial charge is 0.217 e. The molecule has 1 aliphatic heterocycles. The first-order valence-corrected chi connectivity index (χ1v) is 10.8. The number of likely N-dealkylation sites (tertiary alicyclic amines) is 1. The maximum atomic E-state index is 12.5. The van der Waals surface area contributed by atoms with Crippen molar-refractivity contribution < 1.29 is 12.9 Å². The van der Waals surface area contributed by atoms with Crippen molar-refractivity contribution in [1.29, 1.82) is 0 Å². The molecule has 27 heavy (non-hydrogen) atoms. The van der Waals surface area contributed by atoms with Gasteiger partial charge in [0.25, 0.3) is 0 Å². The van der Waals surface area contributed by atoms with Gasteiger partial charge in [-0.05, 0) is 37.6 Å². The zero-order chi connectivity index (χ0) is 19.7. The van der Waals surface area contributed by atoms with Crippen molar-refractivity contribution in [3.8, 4) is 0 Å². The summed E-state index contributed by atoms with van der Waals surface area (Å²) in [6, 6.07) is 5.85. The predicted molar refractivity (Wildman–Crippen MR) is 104 cm³/mol. The van der Waals surface area contributed by atoms with E-state index >= 15 is 0 Å². The molecule has 8 heteroatoms. The van der Waals surface area contributed by atoms with E-state index in [1.165, 1.54) is 0 Å². The second kappa shape index (κ2) is 7.69. The monoisotopic (exact) mass is 392 g/mol. The molecule has 0 aromatic carbocycles. The topological polar surface area (TPSA) is 88.3 Å². The Morgan fingerprint density at radius 1 is 1.37 bits per heavy atom. The summed E-state index contributed by atoms with van der Waals surface area (Å²) in [5.74, 6) is 0.713. The molecule has 0 amide bonds. The van der Waals surface area contributed by atoms with E-state index in [2.05, 4.69) is 26.8 Å². The van der Waals surface area contributed by atoms with Crippen molar-refractivity contribution in [3.05, 3.63) is 47.6 Å². The van der Waals surface area contributed by atoms with Gasteiger partial charge in [0.15, 0.2) is 0 Å². The quantitative estimate of drug-likeness (QED) is 0.812. The average molecular weight is 393 g/mol. The van der Waals surface area contributed by atoms with E-state index in [1.807, 2.05) is 39.1 Å². The minimum atomic E-state index is -3.48. The fourth-order valence-electron chi connectivity index (χ4n) is 3.53. The predicted octanol–water partition coefficient (Wildman–Crippen LogP) is 2.48. The standard InChI is InChI=1S/C19H28N4O3S/c1-19(2,3)17-10-16(22-26-17)13-27(24,25)21-12-15-7-9-23(4)18(15)14-6-5-8-20-11-14/h5-6,8,10-11,15,18,21H,7,9,12-13H2,1-4H3/t15-,18-/m0/s1. The van der Waals surface area contributed by atoms with Crippen LogP contribution in [0.15, 0.2) is 35.1 Å². The van der Waals surface area contributed by atoms with Crippen molar-refractivity contribution in [1.82, 2.24) is 19.8 Å². The number of pyridine rings is 1. The maximum Gasteiger partial charge on any atom is 0.217 e. The minimum absolute atomic E-state index is 0.168. The van der Waals surface area contributed by atoms with Crippen molar-refractivity contribution in [3.63, 3.8) is 0 Å². The van der Waals surface area contributed by atoms with Crippen LogP contribution in [0.2, 0.25) is 0 Å². The molecule has 2 atom stereocenters. The van der Waals surface area contributed by atoms with E-state index < -0.39 is 10.0 Å². The molecule has 0 unspecified atom stereocenters. The van der Waals surface area contributed by atoms with Gasteiger partial charge in [0.2, 0.25) is 10.0 Å². The van der Waals surface area contributed by atoms with Crippen LogP contribution in [0.25, 0.3) is 0 Å². The number of nitrogens with one attached hydrogen (secondary N) is 1. The lowest BCUT2D eigenvalue weighted by Gasteiger charge is -2.25. The molecular weight excluding hydrogens is 364 g/mol. The van der Waals surface area contributed by atoms with Gasteiger partial charge in [-0.3, -0.25) is 9.88 Å². The van der Waals surface area contributed by atoms with E-state index in [1.54, 1.807) is 12.3 Å². The summed E-state index contributed by atoms with van der Waals surface area (Å²) in [5, 5.41) is 3.91. The minimum Gasteiger partial charge on any atom is -0.361 e. The highest BCUT2D eigenvalue weighted by Crippen LogP contribution is 2.35. The molecule has 0 spiro atoms. The van der Waals surface area contributed by atoms with Crippen molar-refractivity contribution >= 4 is 10.0 Å². The van der Waals surface area contributed by atoms with Crippen LogP contribution >= 0.6 is 0 Å². The molecule has 1 aliphatic rings. The first-order valence-electron chi connectivity index (χ1n) is 9.19. The van der Waals surface area contributed by atoms with Crippen LogP contribution < -0.4 is 4.72 Å². The first kappa shape index (κ1) is 20.0. The number of sulfonamides is 1. The van der Waals surface area contributed by atoms with Gasteiger partial charge in [-0.1, -0.05) is 32.0 Å². The highest BCUT2D eigenvalue weighted by Gasteiger charge is 2.34. The number of rotatable bonds is 6. The van der Waals surface area contributed by atoms with Gasteiger partial charge in [0.1, 0.15) is 17.2 Å². The highest BCUT2D eigenvalue weighted by atomic mass is 32.2. The number of hydrogen-bond donors (Lipinski definition) is 1. The number of nitrogens with zero attached hydrogens (tertiary/aromatic N) is 3. The summed E-state index contributed by atoms with van der Waals surface area (Å²) in [7, 11) is -1.42. The summed E-state index contributed by atoms with van der Waals surface area (Å²) in [4.78, 5) is 6.45. The molecule has 1 fully saturated rings. The number of hydrogen-bond acceptors (Lipinski definition) is 6. The molecule has 148 valence electrons. The summed E-state index contributed by atoms with van der Waals surface area (Å²) < 4.78 is 33.1. The van der Waals surface area contributed by atoms with Crippen molar-refractivity contribution in [2.24, 2.45) is 5.92 Å². The van der Waals surface area contributed by atoms with E-state index in [0.717, 1.165) is 18.5 Å². The Kier molecular flexibility index (Phi) is 5.69. The van der Waals surface area contributed by atoms with E-state index in [-0.39, 0.29) is 23.1 Å². The van der Waals surface area contributed by atoms with Crippen LogP contribution in [0.4, 0.5) is 0 Å². The molecule has 2 aromatic rings. The molecule has 7 nitrogen and oxygen atoms in total. The Morgan fingerprint density at radius 3 is 2.78 bits per heavy atom. The fourth-order valence-corrected chi connectivity index (χ4v) is 4.63. The Labute approximate surface area is 161 Å². The molecule has 0 bridgehead atoms. The van der Waals surface area contributed by atoms with Crippen molar-refractivity contribution in [2.45, 2.75) is 44.4 Å². The molecular formula is C19H28N4O3S. The third kappa shape index (κ3) is 4.94. The lowest BCUT2D eigenvalue weighted by molar-refractivity contribution is 0.276. The van der Waals surface area contributed by atoms with Crippen LogP contribution in [-0.2, 0) is 21.2 Å². The van der Waals surface area contributed by atoms with Gasteiger partial charge in [-0.2, -0.15) is 0 Å². The first-order chi connectivity index (χ1) is 12.7. The van der Waals surface area contributed by atoms with Gasteiger partial charge in [0, 0.05) is 36.5 Å². The summed E-state index contributed by atoms with van der Waals surface area (Å²) in [6.45, 7) is 7.33. The molecule has 0 aliphatic carbocycles. The lowest BCUT2D eigenvalue weighted by Crippen LogP contribution is -2.33. The molecule has 3 heterocycles. The molecule has 0 saturated carbocycles. The van der Waals surface area contributed by atoms with Gasteiger partial charge in [-0.15, -0.1) is 0 Å². The van der Waals surface area contributed by atoms with Crippen LogP contribution in [0.5, 0.6) is 0 Å². The number of aromatic nitrogens is 2. The SMILES string of the molecule is CN1CC[C@@H](CNS(=O)(=O)Cc2cc(C(C)(C)C)on2)[C@@H]1c1cccnc1. The zero-order valence-corrected chi connectivity index (χ0v) is 17.2. The van der Waals surface area contributed by atoms with E-state index in [0.29, 0.717) is 18.0 Å². The van der Waals surface area contributed by atoms with Crippen LogP contribution in [0, 0.1) is 5.92 Å². The average Bonchev–Trinajstić information content (AvgIpc) is 3.20. The van der Waals surface area contributed by atoms with Gasteiger partial charge in [-0.25, -0.2) is 13.1 Å². The van der Waals surface area contributed by atoms with Crippen molar-refractivity contribution in [2.75, 3.05) is 20.1 Å². The zero-order valence-electron chi connectivity index (χ0n) is 16.3. The maximum absolute atomic E-state index is 12.5. The molecule has 1 saturated heterocycles. The lowest BCUT2D eigenvalue weighted by atomic mass is 9.93. The molecule has 2 aromatic heterocycles. The highest BCUT2D eigenvalue weighted by molar-refractivity contribution is 7.88. The van der Waals surface area contributed by atoms with Gasteiger partial charge < -0.3 is 4.52 Å².